The molecule has 0 aliphatic heterocycles. The van der Waals surface area contributed by atoms with Gasteiger partial charge in [-0.3, -0.25) is 9.59 Å². The van der Waals surface area contributed by atoms with Crippen LogP contribution >= 0.6 is 0 Å². The van der Waals surface area contributed by atoms with Crippen LogP contribution in [-0.2, 0) is 28.2 Å². The molecule has 2 aromatic heterocycles. The number of pyridine rings is 1. The van der Waals surface area contributed by atoms with Gasteiger partial charge in [-0.25, -0.2) is 23.4 Å². The smallest absolute Gasteiger partial charge is 0.270 e. The summed E-state index contributed by atoms with van der Waals surface area (Å²) in [4.78, 5) is 39.7. The van der Waals surface area contributed by atoms with Crippen molar-refractivity contribution in [2.75, 3.05) is 5.75 Å². The molecule has 1 aromatic carbocycles. The third kappa shape index (κ3) is 4.86. The molecular weight excluding hydrogens is 464 g/mol. The number of hydrogen-bond donors (Lipinski definition) is 1. The first kappa shape index (κ1) is 24.7. The molecule has 0 saturated heterocycles. The fourth-order valence-electron chi connectivity index (χ4n) is 4.30. The van der Waals surface area contributed by atoms with Crippen LogP contribution in [0.3, 0.4) is 0 Å². The van der Waals surface area contributed by atoms with E-state index in [2.05, 4.69) is 20.3 Å². The van der Waals surface area contributed by atoms with E-state index in [1.165, 1.54) is 0 Å². The number of sulfone groups is 1. The highest BCUT2D eigenvalue weighted by Gasteiger charge is 2.42. The first-order valence-electron chi connectivity index (χ1n) is 11.5. The minimum atomic E-state index is -3.26. The molecule has 4 rings (SSSR count). The number of hydrogen-bond acceptors (Lipinski definition) is 7. The van der Waals surface area contributed by atoms with Crippen molar-refractivity contribution >= 4 is 21.5 Å². The Morgan fingerprint density at radius 3 is 2.43 bits per heavy atom. The molecule has 0 spiro atoms. The average molecular weight is 493 g/mol. The molecule has 1 aliphatic rings. The summed E-state index contributed by atoms with van der Waals surface area (Å²) < 4.78 is 23.9. The van der Waals surface area contributed by atoms with E-state index in [0.717, 1.165) is 11.3 Å². The molecule has 1 N–H and O–H groups in total. The van der Waals surface area contributed by atoms with Gasteiger partial charge in [-0.2, -0.15) is 0 Å². The largest absolute Gasteiger partial charge is 0.347 e. The van der Waals surface area contributed by atoms with E-state index in [9.17, 15) is 18.0 Å². The maximum atomic E-state index is 13.4. The number of Topliss-reactive ketones (excluding diaryl/α,β-unsaturated/α-hetero) is 1. The molecule has 8 nitrogen and oxygen atoms in total. The molecule has 0 saturated carbocycles. The second-order valence-corrected chi connectivity index (χ2v) is 11.3. The number of nitrogens with one attached hydrogen (secondary N) is 1. The standard InChI is InChI=1S/C26H28N4O4S/c1-5-35(33,34)19-8-6-18(7-9-19)15-27-25(32)22-11-10-20-21(30-22)12-13-26(4,24(20)31)23-14-16(2)28-17(3)29-23/h6-11,14H,5,12-13,15H2,1-4H3,(H,27,32)/t26-/m0/s1. The Morgan fingerprint density at radius 2 is 1.77 bits per heavy atom. The Morgan fingerprint density at radius 1 is 1.06 bits per heavy atom. The molecule has 3 aromatic rings. The van der Waals surface area contributed by atoms with Crippen LogP contribution < -0.4 is 5.32 Å². The molecular formula is C26H28N4O4S. The van der Waals surface area contributed by atoms with Gasteiger partial charge in [0.25, 0.3) is 5.91 Å². The van der Waals surface area contributed by atoms with Crippen molar-refractivity contribution in [3.63, 3.8) is 0 Å². The molecule has 9 heteroatoms. The number of aromatic nitrogens is 3. The van der Waals surface area contributed by atoms with Crippen molar-refractivity contribution in [2.24, 2.45) is 0 Å². The Bertz CT molecular complexity index is 1400. The van der Waals surface area contributed by atoms with E-state index >= 15 is 0 Å². The third-order valence-electron chi connectivity index (χ3n) is 6.46. The third-order valence-corrected chi connectivity index (χ3v) is 8.21. The summed E-state index contributed by atoms with van der Waals surface area (Å²) in [5.41, 5.74) is 2.88. The number of carbonyl (C=O) groups excluding carboxylic acids is 2. The molecule has 182 valence electrons. The number of rotatable bonds is 6. The topological polar surface area (TPSA) is 119 Å². The van der Waals surface area contributed by atoms with Crippen LogP contribution in [0.4, 0.5) is 0 Å². The molecule has 0 radical (unpaired) electrons. The molecule has 0 bridgehead atoms. The van der Waals surface area contributed by atoms with Gasteiger partial charge >= 0.3 is 0 Å². The number of carbonyl (C=O) groups is 2. The Kier molecular flexibility index (Phi) is 6.55. The summed E-state index contributed by atoms with van der Waals surface area (Å²) in [6.45, 7) is 7.43. The number of fused-ring (bicyclic) bond motifs is 1. The van der Waals surface area contributed by atoms with Crippen molar-refractivity contribution < 1.29 is 18.0 Å². The molecule has 0 fully saturated rings. The predicted molar refractivity (Wildman–Crippen MR) is 131 cm³/mol. The Labute approximate surface area is 205 Å². The van der Waals surface area contributed by atoms with E-state index in [4.69, 9.17) is 0 Å². The second kappa shape index (κ2) is 9.30. The lowest BCUT2D eigenvalue weighted by molar-refractivity contribution is 0.0867. The number of benzene rings is 1. The van der Waals surface area contributed by atoms with E-state index in [-0.39, 0.29) is 34.6 Å². The normalized spacial score (nSPS) is 17.7. The summed E-state index contributed by atoms with van der Waals surface area (Å²) in [6.07, 6.45) is 1.09. The quantitative estimate of drug-likeness (QED) is 0.561. The van der Waals surface area contributed by atoms with Gasteiger partial charge < -0.3 is 5.32 Å². The lowest BCUT2D eigenvalue weighted by Crippen LogP contribution is -2.39. The van der Waals surface area contributed by atoms with Crippen LogP contribution in [0.2, 0.25) is 0 Å². The van der Waals surface area contributed by atoms with Crippen LogP contribution in [0.5, 0.6) is 0 Å². The van der Waals surface area contributed by atoms with Gasteiger partial charge in [0, 0.05) is 17.8 Å². The van der Waals surface area contributed by atoms with E-state index in [1.807, 2.05) is 26.8 Å². The zero-order chi connectivity index (χ0) is 25.4. The lowest BCUT2D eigenvalue weighted by Gasteiger charge is -2.32. The van der Waals surface area contributed by atoms with Crippen LogP contribution in [0, 0.1) is 13.8 Å². The van der Waals surface area contributed by atoms with E-state index in [0.29, 0.717) is 35.6 Å². The minimum absolute atomic E-state index is 0.0348. The summed E-state index contributed by atoms with van der Waals surface area (Å²) in [5.74, 6) is 0.248. The van der Waals surface area contributed by atoms with Crippen molar-refractivity contribution in [3.8, 4) is 0 Å². The van der Waals surface area contributed by atoms with Crippen LogP contribution in [0.25, 0.3) is 0 Å². The van der Waals surface area contributed by atoms with Crippen LogP contribution in [-0.4, -0.2) is 40.8 Å². The zero-order valence-corrected chi connectivity index (χ0v) is 21.1. The van der Waals surface area contributed by atoms with Crippen molar-refractivity contribution in [1.82, 2.24) is 20.3 Å². The fourth-order valence-corrected chi connectivity index (χ4v) is 5.19. The first-order chi connectivity index (χ1) is 16.5. The number of amides is 1. The summed E-state index contributed by atoms with van der Waals surface area (Å²) in [6, 6.07) is 11.5. The average Bonchev–Trinajstić information content (AvgIpc) is 2.84. The Hall–Kier alpha value is -3.46. The van der Waals surface area contributed by atoms with E-state index < -0.39 is 15.3 Å². The van der Waals surface area contributed by atoms with Crippen LogP contribution in [0.15, 0.2) is 47.4 Å². The fraction of sp³-hybridized carbons (Fsp3) is 0.346. The number of ketones is 1. The second-order valence-electron chi connectivity index (χ2n) is 9.02. The first-order valence-corrected chi connectivity index (χ1v) is 13.2. The van der Waals surface area contributed by atoms with E-state index in [1.54, 1.807) is 43.3 Å². The van der Waals surface area contributed by atoms with Crippen molar-refractivity contribution in [1.29, 1.82) is 0 Å². The molecule has 1 amide bonds. The minimum Gasteiger partial charge on any atom is -0.347 e. The molecule has 1 atom stereocenters. The van der Waals surface area contributed by atoms with Gasteiger partial charge in [0.1, 0.15) is 11.5 Å². The monoisotopic (exact) mass is 492 g/mol. The van der Waals surface area contributed by atoms with Gasteiger partial charge in [0.2, 0.25) is 0 Å². The lowest BCUT2D eigenvalue weighted by atomic mass is 9.70. The van der Waals surface area contributed by atoms with Gasteiger partial charge in [0.05, 0.1) is 27.5 Å². The maximum Gasteiger partial charge on any atom is 0.270 e. The van der Waals surface area contributed by atoms with Gasteiger partial charge in [-0.05, 0) is 69.5 Å². The van der Waals surface area contributed by atoms with Crippen molar-refractivity contribution in [3.05, 3.63) is 82.2 Å². The molecule has 1 aliphatic carbocycles. The SMILES string of the molecule is CCS(=O)(=O)c1ccc(CNC(=O)c2ccc3c(n2)CC[C@@](C)(c2cc(C)nc(C)n2)C3=O)cc1. The molecule has 35 heavy (non-hydrogen) atoms. The number of aryl methyl sites for hydroxylation is 3. The summed E-state index contributed by atoms with van der Waals surface area (Å²) >= 11 is 0. The number of nitrogens with zero attached hydrogens (tertiary/aromatic N) is 3. The van der Waals surface area contributed by atoms with Crippen LogP contribution in [0.1, 0.15) is 69.6 Å². The van der Waals surface area contributed by atoms with Crippen molar-refractivity contribution in [2.45, 2.75) is 57.4 Å². The summed E-state index contributed by atoms with van der Waals surface area (Å²) in [5, 5.41) is 2.81. The predicted octanol–water partition coefficient (Wildman–Crippen LogP) is 3.30. The zero-order valence-electron chi connectivity index (χ0n) is 20.3. The highest BCUT2D eigenvalue weighted by molar-refractivity contribution is 7.91. The highest BCUT2D eigenvalue weighted by Crippen LogP contribution is 2.37. The highest BCUT2D eigenvalue weighted by atomic mass is 32.2. The van der Waals surface area contributed by atoms with Gasteiger partial charge in [-0.1, -0.05) is 19.1 Å². The molecule has 0 unspecified atom stereocenters. The van der Waals surface area contributed by atoms with Gasteiger partial charge in [0.15, 0.2) is 15.6 Å². The summed E-state index contributed by atoms with van der Waals surface area (Å²) in [7, 11) is -3.26. The Balaban J connectivity index is 1.48. The molecule has 2 heterocycles. The van der Waals surface area contributed by atoms with Gasteiger partial charge in [-0.15, -0.1) is 0 Å². The maximum absolute atomic E-state index is 13.4.